The van der Waals surface area contributed by atoms with Gasteiger partial charge in [0.05, 0.1) is 27.4 Å². The molecule has 0 bridgehead atoms. The Morgan fingerprint density at radius 1 is 1.18 bits per heavy atom. The molecule has 0 spiro atoms. The highest BCUT2D eigenvalue weighted by atomic mass is 127. The first kappa shape index (κ1) is 21.0. The van der Waals surface area contributed by atoms with Gasteiger partial charge in [-0.25, -0.2) is 4.99 Å². The summed E-state index contributed by atoms with van der Waals surface area (Å²) in [5.74, 6) is 1.21. The Kier molecular flexibility index (Phi) is 7.25. The smallest absolute Gasteiger partial charge is 0.264 e. The van der Waals surface area contributed by atoms with Crippen LogP contribution < -0.4 is 14.8 Å². The van der Waals surface area contributed by atoms with Gasteiger partial charge in [-0.05, 0) is 96.2 Å². The third-order valence-corrected chi connectivity index (χ3v) is 5.59. The third kappa shape index (κ3) is 5.21. The maximum atomic E-state index is 12.3. The molecule has 0 radical (unpaired) electrons. The highest BCUT2D eigenvalue weighted by molar-refractivity contribution is 14.1. The summed E-state index contributed by atoms with van der Waals surface area (Å²) in [6, 6.07) is 11.0. The van der Waals surface area contributed by atoms with Gasteiger partial charge in [0.15, 0.2) is 16.7 Å². The Morgan fingerprint density at radius 3 is 2.57 bits per heavy atom. The van der Waals surface area contributed by atoms with Crippen LogP contribution in [0.3, 0.4) is 0 Å². The molecule has 0 saturated carbocycles. The summed E-state index contributed by atoms with van der Waals surface area (Å²) in [5.41, 5.74) is 1.59. The zero-order valence-corrected chi connectivity index (χ0v) is 19.0. The quantitative estimate of drug-likeness (QED) is 0.390. The van der Waals surface area contributed by atoms with E-state index >= 15 is 0 Å². The van der Waals surface area contributed by atoms with Crippen LogP contribution in [0.25, 0.3) is 6.08 Å². The van der Waals surface area contributed by atoms with E-state index in [0.29, 0.717) is 34.1 Å². The zero-order valence-electron chi connectivity index (χ0n) is 15.3. The second-order valence-electron chi connectivity index (χ2n) is 5.65. The summed E-state index contributed by atoms with van der Waals surface area (Å²) in [7, 11) is 0. The molecule has 0 aromatic heterocycles. The number of amides is 1. The van der Waals surface area contributed by atoms with Crippen molar-refractivity contribution in [1.82, 2.24) is 5.32 Å². The Balaban J connectivity index is 1.86. The van der Waals surface area contributed by atoms with Crippen molar-refractivity contribution < 1.29 is 14.3 Å². The van der Waals surface area contributed by atoms with E-state index in [1.165, 1.54) is 11.8 Å². The highest BCUT2D eigenvalue weighted by Crippen LogP contribution is 2.36. The van der Waals surface area contributed by atoms with Crippen molar-refractivity contribution in [2.24, 2.45) is 4.99 Å². The Labute approximate surface area is 186 Å². The molecule has 1 fully saturated rings. The number of halogens is 2. The predicted molar refractivity (Wildman–Crippen MR) is 124 cm³/mol. The number of nitrogens with zero attached hydrogens (tertiary/aromatic N) is 1. The predicted octanol–water partition coefficient (Wildman–Crippen LogP) is 5.63. The van der Waals surface area contributed by atoms with Crippen LogP contribution in [0.5, 0.6) is 11.5 Å². The summed E-state index contributed by atoms with van der Waals surface area (Å²) >= 11 is 9.40. The Bertz CT molecular complexity index is 945. The standard InChI is InChI=1S/C20H18ClIN2O3S/c1-3-26-16-10-12(9-15(22)18(16)27-4-2)11-17-19(25)24-20(28-17)23-14-7-5-13(21)6-8-14/h5-11H,3-4H2,1-2H3,(H,23,24,25). The van der Waals surface area contributed by atoms with Crippen molar-refractivity contribution in [3.63, 3.8) is 0 Å². The van der Waals surface area contributed by atoms with Crippen LogP contribution in [0, 0.1) is 3.57 Å². The fourth-order valence-corrected chi connectivity index (χ4v) is 4.23. The molecule has 0 aliphatic carbocycles. The number of aliphatic imine (C=N–C) groups is 1. The number of rotatable bonds is 6. The second kappa shape index (κ2) is 9.67. The van der Waals surface area contributed by atoms with Gasteiger partial charge in [-0.3, -0.25) is 4.79 Å². The minimum Gasteiger partial charge on any atom is -0.490 e. The lowest BCUT2D eigenvalue weighted by Crippen LogP contribution is -2.19. The van der Waals surface area contributed by atoms with Gasteiger partial charge in [-0.15, -0.1) is 0 Å². The minimum absolute atomic E-state index is 0.181. The van der Waals surface area contributed by atoms with Crippen LogP contribution >= 0.6 is 46.0 Å². The molecule has 8 heteroatoms. The fourth-order valence-electron chi connectivity index (χ4n) is 2.48. The summed E-state index contributed by atoms with van der Waals surface area (Å²) in [4.78, 5) is 17.3. The van der Waals surface area contributed by atoms with E-state index < -0.39 is 0 Å². The number of carbonyl (C=O) groups excluding carboxylic acids is 1. The van der Waals surface area contributed by atoms with Crippen LogP contribution in [0.15, 0.2) is 46.3 Å². The number of ether oxygens (including phenoxy) is 2. The maximum Gasteiger partial charge on any atom is 0.264 e. The van der Waals surface area contributed by atoms with Crippen LogP contribution in [-0.4, -0.2) is 24.3 Å². The number of nitrogens with one attached hydrogen (secondary N) is 1. The summed E-state index contributed by atoms with van der Waals surface area (Å²) in [5, 5.41) is 3.96. The van der Waals surface area contributed by atoms with Crippen molar-refractivity contribution in [3.05, 3.63) is 55.5 Å². The van der Waals surface area contributed by atoms with E-state index in [1.54, 1.807) is 24.3 Å². The number of hydrogen-bond donors (Lipinski definition) is 1. The highest BCUT2D eigenvalue weighted by Gasteiger charge is 2.24. The Hall–Kier alpha value is -1.71. The normalized spacial score (nSPS) is 16.5. The fraction of sp³-hybridized carbons (Fsp3) is 0.200. The molecule has 1 saturated heterocycles. The van der Waals surface area contributed by atoms with Gasteiger partial charge >= 0.3 is 0 Å². The lowest BCUT2D eigenvalue weighted by molar-refractivity contribution is -0.115. The van der Waals surface area contributed by atoms with Gasteiger partial charge in [0.2, 0.25) is 0 Å². The van der Waals surface area contributed by atoms with E-state index in [-0.39, 0.29) is 5.91 Å². The second-order valence-corrected chi connectivity index (χ2v) is 8.28. The molecule has 3 rings (SSSR count). The van der Waals surface area contributed by atoms with Crippen molar-refractivity contribution in [1.29, 1.82) is 0 Å². The average molecular weight is 529 g/mol. The number of carbonyl (C=O) groups is 1. The monoisotopic (exact) mass is 528 g/mol. The number of hydrogen-bond acceptors (Lipinski definition) is 5. The molecule has 1 heterocycles. The number of amidine groups is 1. The molecule has 1 amide bonds. The van der Waals surface area contributed by atoms with Crippen LogP contribution in [-0.2, 0) is 4.79 Å². The number of benzene rings is 2. The van der Waals surface area contributed by atoms with E-state index in [0.717, 1.165) is 20.6 Å². The molecular weight excluding hydrogens is 511 g/mol. The SMILES string of the molecule is CCOc1cc(C=C2SC(=Nc3ccc(Cl)cc3)NC2=O)cc(I)c1OCC. The third-order valence-electron chi connectivity index (χ3n) is 3.63. The van der Waals surface area contributed by atoms with Gasteiger partial charge in [0, 0.05) is 5.02 Å². The molecule has 1 aliphatic heterocycles. The molecule has 5 nitrogen and oxygen atoms in total. The van der Waals surface area contributed by atoms with E-state index in [4.69, 9.17) is 21.1 Å². The Morgan fingerprint density at radius 2 is 1.89 bits per heavy atom. The summed E-state index contributed by atoms with van der Waals surface area (Å²) in [6.45, 7) is 4.94. The molecule has 1 N–H and O–H groups in total. The average Bonchev–Trinajstić information content (AvgIpc) is 2.99. The summed E-state index contributed by atoms with van der Waals surface area (Å²) in [6.07, 6.45) is 1.82. The van der Waals surface area contributed by atoms with Crippen LogP contribution in [0.1, 0.15) is 19.4 Å². The molecule has 0 unspecified atom stereocenters. The first-order chi connectivity index (χ1) is 13.5. The maximum absolute atomic E-state index is 12.3. The number of thioether (sulfide) groups is 1. The molecule has 0 atom stereocenters. The molecule has 2 aromatic rings. The molecular formula is C20H18ClIN2O3S. The van der Waals surface area contributed by atoms with Crippen molar-refractivity contribution in [2.45, 2.75) is 13.8 Å². The van der Waals surface area contributed by atoms with Gasteiger partial charge < -0.3 is 14.8 Å². The first-order valence-electron chi connectivity index (χ1n) is 8.64. The summed E-state index contributed by atoms with van der Waals surface area (Å²) < 4.78 is 12.3. The molecule has 1 aliphatic rings. The first-order valence-corrected chi connectivity index (χ1v) is 10.9. The van der Waals surface area contributed by atoms with Crippen molar-refractivity contribution in [3.8, 4) is 11.5 Å². The minimum atomic E-state index is -0.181. The van der Waals surface area contributed by atoms with Crippen LogP contribution in [0.2, 0.25) is 5.02 Å². The van der Waals surface area contributed by atoms with Gasteiger partial charge in [-0.1, -0.05) is 11.6 Å². The molecule has 146 valence electrons. The lowest BCUT2D eigenvalue weighted by Gasteiger charge is -2.13. The van der Waals surface area contributed by atoms with E-state index in [9.17, 15) is 4.79 Å². The van der Waals surface area contributed by atoms with Gasteiger partial charge in [-0.2, -0.15) is 0 Å². The zero-order chi connectivity index (χ0) is 20.1. The van der Waals surface area contributed by atoms with Crippen LogP contribution in [0.4, 0.5) is 5.69 Å². The molecule has 28 heavy (non-hydrogen) atoms. The van der Waals surface area contributed by atoms with Crippen molar-refractivity contribution >= 4 is 68.8 Å². The van der Waals surface area contributed by atoms with E-state index in [1.807, 2.05) is 32.1 Å². The van der Waals surface area contributed by atoms with Gasteiger partial charge in [0.25, 0.3) is 5.91 Å². The lowest BCUT2D eigenvalue weighted by atomic mass is 10.2. The topological polar surface area (TPSA) is 59.9 Å². The largest absolute Gasteiger partial charge is 0.490 e. The van der Waals surface area contributed by atoms with Crippen molar-refractivity contribution in [2.75, 3.05) is 13.2 Å². The molecule has 2 aromatic carbocycles. The van der Waals surface area contributed by atoms with Gasteiger partial charge in [0.1, 0.15) is 0 Å². The van der Waals surface area contributed by atoms with E-state index in [2.05, 4.69) is 32.9 Å².